The van der Waals surface area contributed by atoms with Gasteiger partial charge in [0.25, 0.3) is 0 Å². The van der Waals surface area contributed by atoms with Crippen LogP contribution in [0.15, 0.2) is 35.2 Å². The number of hydrogen-bond donors (Lipinski definition) is 2. The van der Waals surface area contributed by atoms with E-state index in [2.05, 4.69) is 16.1 Å². The van der Waals surface area contributed by atoms with E-state index in [-0.39, 0.29) is 31.9 Å². The van der Waals surface area contributed by atoms with Crippen LogP contribution in [0.4, 0.5) is 9.59 Å². The highest BCUT2D eigenvalue weighted by molar-refractivity contribution is 7.99. The molecule has 4 bridgehead atoms. The number of cyclic esters (lactones) is 1. The van der Waals surface area contributed by atoms with Crippen molar-refractivity contribution in [2.45, 2.75) is 120 Å². The number of nitrogens with one attached hydrogen (secondary N) is 2. The lowest BCUT2D eigenvalue weighted by molar-refractivity contribution is -0.142. The third-order valence-electron chi connectivity index (χ3n) is 10.9. The molecule has 3 fully saturated rings. The van der Waals surface area contributed by atoms with E-state index in [9.17, 15) is 32.4 Å². The van der Waals surface area contributed by atoms with E-state index in [1.165, 1.54) is 4.90 Å². The molecule has 2 aliphatic carbocycles. The number of alkyl carbamates (subject to hydrolysis) is 1. The zero-order valence-electron chi connectivity index (χ0n) is 30.4. The van der Waals surface area contributed by atoms with E-state index in [1.54, 1.807) is 37.4 Å². The maximum absolute atomic E-state index is 14.4. The molecule has 3 aliphatic heterocycles. The SMILES string of the molecule is CC[C@H]1C[C@@]1(CC(=O)C1C[C@@H]2CN1C(=O)[C@H](C(C)(C)C)NC(=O)OCCC/C=C/CSc1cccc3c1CN(C3)C(=O)O2)C(=O)NS(=O)(=O)C1CC1. The molecule has 13 nitrogen and oxygen atoms in total. The van der Waals surface area contributed by atoms with Gasteiger partial charge in [0.2, 0.25) is 21.8 Å². The normalized spacial score (nSPS) is 29.3. The van der Waals surface area contributed by atoms with Crippen LogP contribution >= 0.6 is 11.8 Å². The Bertz CT molecular complexity index is 1740. The number of sulfonamides is 1. The van der Waals surface area contributed by atoms with Crippen LogP contribution in [0.5, 0.6) is 0 Å². The van der Waals surface area contributed by atoms with Crippen LogP contribution in [0.2, 0.25) is 0 Å². The molecule has 4 amide bonds. The fourth-order valence-electron chi connectivity index (χ4n) is 7.58. The van der Waals surface area contributed by atoms with E-state index in [0.717, 1.165) is 21.8 Å². The average Bonchev–Trinajstić information content (AvgIpc) is 3.97. The van der Waals surface area contributed by atoms with Crippen molar-refractivity contribution in [1.29, 1.82) is 0 Å². The van der Waals surface area contributed by atoms with Crippen LogP contribution in [0, 0.1) is 16.7 Å². The summed E-state index contributed by atoms with van der Waals surface area (Å²) in [7, 11) is -3.84. The molecule has 52 heavy (non-hydrogen) atoms. The molecule has 1 saturated heterocycles. The second-order valence-electron chi connectivity index (χ2n) is 15.8. The summed E-state index contributed by atoms with van der Waals surface area (Å²) >= 11 is 1.68. The molecular formula is C37H50N4O9S2. The van der Waals surface area contributed by atoms with Gasteiger partial charge in [-0.2, -0.15) is 0 Å². The highest BCUT2D eigenvalue weighted by Crippen LogP contribution is 2.58. The third kappa shape index (κ3) is 8.30. The van der Waals surface area contributed by atoms with Gasteiger partial charge in [-0.15, -0.1) is 11.8 Å². The molecule has 15 heteroatoms. The van der Waals surface area contributed by atoms with Gasteiger partial charge in [-0.1, -0.05) is 58.4 Å². The number of thioether (sulfide) groups is 1. The van der Waals surface area contributed by atoms with Gasteiger partial charge in [-0.25, -0.2) is 18.0 Å². The summed E-state index contributed by atoms with van der Waals surface area (Å²) in [5.41, 5.74) is 0.0907. The summed E-state index contributed by atoms with van der Waals surface area (Å²) in [5, 5.41) is 2.12. The molecule has 284 valence electrons. The topological polar surface area (TPSA) is 168 Å². The molecule has 0 spiro atoms. The maximum Gasteiger partial charge on any atom is 0.410 e. The van der Waals surface area contributed by atoms with Crippen LogP contribution in [-0.4, -0.2) is 90.3 Å². The number of carbonyl (C=O) groups excluding carboxylic acids is 5. The molecule has 0 radical (unpaired) electrons. The summed E-state index contributed by atoms with van der Waals surface area (Å²) in [6.45, 7) is 8.06. The molecule has 1 aromatic rings. The Morgan fingerprint density at radius 3 is 2.58 bits per heavy atom. The van der Waals surface area contributed by atoms with Gasteiger partial charge >= 0.3 is 12.2 Å². The highest BCUT2D eigenvalue weighted by atomic mass is 32.2. The first-order valence-corrected chi connectivity index (χ1v) is 20.8. The predicted octanol–water partition coefficient (Wildman–Crippen LogP) is 4.68. The number of Topliss-reactive ketones (excluding diaryl/α,β-unsaturated/α-hetero) is 1. The van der Waals surface area contributed by atoms with Gasteiger partial charge < -0.3 is 19.7 Å². The standard InChI is InChI=1S/C37H50N4O9S2/c1-5-24-18-37(24,33(44)39-52(47,48)26-13-14-26)19-29(42)28-17-25-21-41(28)32(43)31(36(2,3)4)38-34(45)49-15-8-6-7-9-16-51-30-12-10-11-23-20-40(22-27(23)30)35(46)50-25/h7,9-12,24-26,28,31H,5-6,8,13-22H2,1-4H3,(H,38,45)(H,39,44)/b9-7+/t24-,25+,28?,31+,37-/m0/s1. The van der Waals surface area contributed by atoms with Crippen LogP contribution in [0.25, 0.3) is 0 Å². The number of carbonyl (C=O) groups is 5. The van der Waals surface area contributed by atoms with Crippen LogP contribution in [-0.2, 0) is 47.0 Å². The van der Waals surface area contributed by atoms with Crippen molar-refractivity contribution in [2.24, 2.45) is 16.7 Å². The Morgan fingerprint density at radius 1 is 1.12 bits per heavy atom. The number of nitrogens with zero attached hydrogens (tertiary/aromatic N) is 2. The van der Waals surface area contributed by atoms with E-state index >= 15 is 0 Å². The molecule has 6 rings (SSSR count). The first-order valence-electron chi connectivity index (χ1n) is 18.3. The van der Waals surface area contributed by atoms with Gasteiger partial charge in [-0.05, 0) is 60.6 Å². The van der Waals surface area contributed by atoms with Crippen molar-refractivity contribution in [1.82, 2.24) is 19.8 Å². The molecule has 5 aliphatic rings. The Labute approximate surface area is 310 Å². The zero-order valence-corrected chi connectivity index (χ0v) is 32.0. The fourth-order valence-corrected chi connectivity index (χ4v) is 9.92. The van der Waals surface area contributed by atoms with E-state index < -0.39 is 74.1 Å². The molecule has 5 atom stereocenters. The van der Waals surface area contributed by atoms with Gasteiger partial charge in [0.15, 0.2) is 5.78 Å². The van der Waals surface area contributed by atoms with E-state index in [0.29, 0.717) is 51.6 Å². The number of allylic oxidation sites excluding steroid dienone is 1. The molecule has 1 aromatic carbocycles. The number of hydrogen-bond acceptors (Lipinski definition) is 10. The monoisotopic (exact) mass is 758 g/mol. The Kier molecular flexibility index (Phi) is 11.0. The molecule has 3 heterocycles. The second kappa shape index (κ2) is 15.0. The quantitative estimate of drug-likeness (QED) is 0.373. The minimum Gasteiger partial charge on any atom is -0.450 e. The van der Waals surface area contributed by atoms with Gasteiger partial charge in [0, 0.05) is 30.0 Å². The number of ether oxygens (including phenoxy) is 2. The first kappa shape index (κ1) is 38.1. The Hall–Kier alpha value is -3.59. The van der Waals surface area contributed by atoms with Crippen molar-refractivity contribution in [3.8, 4) is 0 Å². The van der Waals surface area contributed by atoms with E-state index in [4.69, 9.17) is 9.47 Å². The van der Waals surface area contributed by atoms with Crippen LogP contribution in [0.3, 0.4) is 0 Å². The Morgan fingerprint density at radius 2 is 1.88 bits per heavy atom. The van der Waals surface area contributed by atoms with Gasteiger partial charge in [-0.3, -0.25) is 24.0 Å². The first-order chi connectivity index (χ1) is 24.6. The number of benzene rings is 1. The third-order valence-corrected chi connectivity index (χ3v) is 13.7. The molecule has 2 N–H and O–H groups in total. The number of amides is 4. The number of rotatable bonds is 7. The average molecular weight is 759 g/mol. The van der Waals surface area contributed by atoms with Crippen molar-refractivity contribution < 1.29 is 41.9 Å². The summed E-state index contributed by atoms with van der Waals surface area (Å²) in [6.07, 6.45) is 4.88. The van der Waals surface area contributed by atoms with E-state index in [1.807, 2.05) is 31.2 Å². The summed E-state index contributed by atoms with van der Waals surface area (Å²) in [4.78, 5) is 72.9. The van der Waals surface area contributed by atoms with Crippen molar-refractivity contribution in [3.63, 3.8) is 0 Å². The van der Waals surface area contributed by atoms with Gasteiger partial charge in [0.05, 0.1) is 36.4 Å². The van der Waals surface area contributed by atoms with Crippen LogP contribution in [0.1, 0.15) is 90.2 Å². The van der Waals surface area contributed by atoms with Crippen molar-refractivity contribution >= 4 is 51.6 Å². The lowest BCUT2D eigenvalue weighted by atomic mass is 9.85. The van der Waals surface area contributed by atoms with Crippen molar-refractivity contribution in [3.05, 3.63) is 41.5 Å². The van der Waals surface area contributed by atoms with Gasteiger partial charge in [0.1, 0.15) is 12.1 Å². The zero-order chi connectivity index (χ0) is 37.4. The molecule has 1 unspecified atom stereocenters. The molecule has 2 saturated carbocycles. The number of fused-ring (bicyclic) bond motifs is 3. The maximum atomic E-state index is 14.4. The summed E-state index contributed by atoms with van der Waals surface area (Å²) < 4.78 is 39.1. The summed E-state index contributed by atoms with van der Waals surface area (Å²) in [6, 6.07) is 3.84. The lowest BCUT2D eigenvalue weighted by Gasteiger charge is -2.35. The summed E-state index contributed by atoms with van der Waals surface area (Å²) in [5.74, 6) is -1.10. The molecule has 0 aromatic heterocycles. The molecular weight excluding hydrogens is 709 g/mol. The second-order valence-corrected chi connectivity index (χ2v) is 18.8. The fraction of sp³-hybridized carbons (Fsp3) is 0.649. The smallest absolute Gasteiger partial charge is 0.410 e. The highest BCUT2D eigenvalue weighted by Gasteiger charge is 2.62. The minimum absolute atomic E-state index is 0.000705. The number of ketones is 1. The predicted molar refractivity (Wildman–Crippen MR) is 193 cm³/mol. The van der Waals surface area contributed by atoms with Crippen molar-refractivity contribution in [2.75, 3.05) is 18.9 Å². The van der Waals surface area contributed by atoms with Crippen LogP contribution < -0.4 is 10.0 Å². The minimum atomic E-state index is -3.84. The lowest BCUT2D eigenvalue weighted by Crippen LogP contribution is -2.57. The largest absolute Gasteiger partial charge is 0.450 e. The Balaban J connectivity index is 1.26.